The van der Waals surface area contributed by atoms with Crippen molar-refractivity contribution in [2.75, 3.05) is 13.1 Å². The molecular formula is C9H19NO. The van der Waals surface area contributed by atoms with Gasteiger partial charge < -0.3 is 10.4 Å². The van der Waals surface area contributed by atoms with Gasteiger partial charge in [-0.3, -0.25) is 0 Å². The lowest BCUT2D eigenvalue weighted by Crippen LogP contribution is -2.23. The van der Waals surface area contributed by atoms with Gasteiger partial charge in [0.15, 0.2) is 0 Å². The highest BCUT2D eigenvalue weighted by Gasteiger charge is 2.13. The molecule has 2 N–H and O–H groups in total. The fourth-order valence-corrected chi connectivity index (χ4v) is 1.77. The molecule has 0 aromatic rings. The van der Waals surface area contributed by atoms with Crippen LogP contribution in [0.4, 0.5) is 0 Å². The van der Waals surface area contributed by atoms with Crippen LogP contribution in [-0.4, -0.2) is 24.3 Å². The Hall–Kier alpha value is -0.0800. The predicted molar refractivity (Wildman–Crippen MR) is 46.5 cm³/mol. The molecule has 66 valence electrons. The van der Waals surface area contributed by atoms with E-state index >= 15 is 0 Å². The number of aliphatic hydroxyl groups excluding tert-OH is 1. The van der Waals surface area contributed by atoms with Gasteiger partial charge in [0.05, 0.1) is 6.10 Å². The molecule has 2 heteroatoms. The first-order valence-electron chi connectivity index (χ1n) is 4.68. The Balaban J connectivity index is 2.20. The zero-order valence-corrected chi connectivity index (χ0v) is 7.34. The van der Waals surface area contributed by atoms with Crippen LogP contribution < -0.4 is 5.32 Å². The van der Waals surface area contributed by atoms with Crippen molar-refractivity contribution in [1.29, 1.82) is 0 Å². The Morgan fingerprint density at radius 2 is 2.36 bits per heavy atom. The summed E-state index contributed by atoms with van der Waals surface area (Å²) in [7, 11) is 0. The van der Waals surface area contributed by atoms with Gasteiger partial charge in [-0.25, -0.2) is 0 Å². The summed E-state index contributed by atoms with van der Waals surface area (Å²) in [5, 5.41) is 12.6. The van der Waals surface area contributed by atoms with Crippen LogP contribution in [0.25, 0.3) is 0 Å². The lowest BCUT2D eigenvalue weighted by Gasteiger charge is -2.15. The number of rotatable bonds is 2. The smallest absolute Gasteiger partial charge is 0.0515 e. The zero-order valence-electron chi connectivity index (χ0n) is 7.34. The first-order chi connectivity index (χ1) is 5.29. The minimum absolute atomic E-state index is 0.125. The Morgan fingerprint density at radius 3 is 3.09 bits per heavy atom. The van der Waals surface area contributed by atoms with Crippen molar-refractivity contribution < 1.29 is 5.11 Å². The zero-order chi connectivity index (χ0) is 8.10. The molecule has 2 atom stereocenters. The van der Waals surface area contributed by atoms with Gasteiger partial charge in [0.25, 0.3) is 0 Å². The van der Waals surface area contributed by atoms with Crippen molar-refractivity contribution in [3.63, 3.8) is 0 Å². The largest absolute Gasteiger partial charge is 0.393 e. The van der Waals surface area contributed by atoms with Gasteiger partial charge in [-0.2, -0.15) is 0 Å². The van der Waals surface area contributed by atoms with E-state index in [1.54, 1.807) is 0 Å². The Bertz CT molecular complexity index is 95.7. The van der Waals surface area contributed by atoms with E-state index in [1.165, 1.54) is 19.3 Å². The summed E-state index contributed by atoms with van der Waals surface area (Å²) in [6, 6.07) is 0. The van der Waals surface area contributed by atoms with Crippen molar-refractivity contribution >= 4 is 0 Å². The van der Waals surface area contributed by atoms with Gasteiger partial charge in [0.1, 0.15) is 0 Å². The van der Waals surface area contributed by atoms with Gasteiger partial charge in [0.2, 0.25) is 0 Å². The summed E-state index contributed by atoms with van der Waals surface area (Å²) >= 11 is 0. The highest BCUT2D eigenvalue weighted by atomic mass is 16.3. The minimum Gasteiger partial charge on any atom is -0.393 e. The lowest BCUT2D eigenvalue weighted by atomic mass is 9.97. The SMILES string of the molecule is CC(O)CC1CCCCNC1. The maximum atomic E-state index is 9.17. The van der Waals surface area contributed by atoms with Crippen molar-refractivity contribution in [3.05, 3.63) is 0 Å². The van der Waals surface area contributed by atoms with Crippen LogP contribution in [0, 0.1) is 5.92 Å². The molecule has 2 nitrogen and oxygen atoms in total. The maximum Gasteiger partial charge on any atom is 0.0515 e. The predicted octanol–water partition coefficient (Wildman–Crippen LogP) is 1.15. The first kappa shape index (κ1) is 9.01. The Morgan fingerprint density at radius 1 is 1.55 bits per heavy atom. The second-order valence-electron chi connectivity index (χ2n) is 3.65. The van der Waals surface area contributed by atoms with E-state index in [9.17, 15) is 0 Å². The van der Waals surface area contributed by atoms with Crippen LogP contribution in [-0.2, 0) is 0 Å². The van der Waals surface area contributed by atoms with E-state index in [-0.39, 0.29) is 6.10 Å². The number of hydrogen-bond donors (Lipinski definition) is 2. The third-order valence-corrected chi connectivity index (χ3v) is 2.32. The molecule has 1 saturated heterocycles. The molecule has 0 aromatic carbocycles. The van der Waals surface area contributed by atoms with Gasteiger partial charge in [0, 0.05) is 0 Å². The number of hydrogen-bond acceptors (Lipinski definition) is 2. The average molecular weight is 157 g/mol. The van der Waals surface area contributed by atoms with Crippen LogP contribution in [0.1, 0.15) is 32.6 Å². The van der Waals surface area contributed by atoms with E-state index in [2.05, 4.69) is 5.32 Å². The normalized spacial score (nSPS) is 29.5. The summed E-state index contributed by atoms with van der Waals surface area (Å²) in [5.74, 6) is 0.706. The standard InChI is InChI=1S/C9H19NO/c1-8(11)6-9-4-2-3-5-10-7-9/h8-11H,2-7H2,1H3. The quantitative estimate of drug-likeness (QED) is 0.630. The molecule has 1 rings (SSSR count). The van der Waals surface area contributed by atoms with Gasteiger partial charge >= 0.3 is 0 Å². The van der Waals surface area contributed by atoms with Crippen molar-refractivity contribution in [1.82, 2.24) is 5.32 Å². The molecule has 0 radical (unpaired) electrons. The molecule has 0 saturated carbocycles. The molecule has 0 aliphatic carbocycles. The van der Waals surface area contributed by atoms with Crippen molar-refractivity contribution in [3.8, 4) is 0 Å². The van der Waals surface area contributed by atoms with Crippen molar-refractivity contribution in [2.45, 2.75) is 38.7 Å². The molecule has 0 amide bonds. The van der Waals surface area contributed by atoms with E-state index in [4.69, 9.17) is 5.11 Å². The number of nitrogens with one attached hydrogen (secondary N) is 1. The van der Waals surface area contributed by atoms with Crippen LogP contribution in [0.5, 0.6) is 0 Å². The summed E-state index contributed by atoms with van der Waals surface area (Å²) in [6.45, 7) is 4.14. The third-order valence-electron chi connectivity index (χ3n) is 2.32. The van der Waals surface area contributed by atoms with Gasteiger partial charge in [-0.15, -0.1) is 0 Å². The third kappa shape index (κ3) is 3.73. The molecule has 11 heavy (non-hydrogen) atoms. The molecule has 1 aliphatic heterocycles. The van der Waals surface area contributed by atoms with Crippen LogP contribution in [0.2, 0.25) is 0 Å². The van der Waals surface area contributed by atoms with E-state index in [0.717, 1.165) is 19.5 Å². The lowest BCUT2D eigenvalue weighted by molar-refractivity contribution is 0.158. The molecular weight excluding hydrogens is 138 g/mol. The van der Waals surface area contributed by atoms with Crippen molar-refractivity contribution in [2.24, 2.45) is 5.92 Å². The average Bonchev–Trinajstić information content (AvgIpc) is 2.14. The molecule has 1 heterocycles. The number of aliphatic hydroxyl groups is 1. The minimum atomic E-state index is -0.125. The molecule has 0 bridgehead atoms. The monoisotopic (exact) mass is 157 g/mol. The summed E-state index contributed by atoms with van der Waals surface area (Å²) in [4.78, 5) is 0. The molecule has 0 aromatic heterocycles. The molecule has 2 unspecified atom stereocenters. The van der Waals surface area contributed by atoms with E-state index < -0.39 is 0 Å². The molecule has 0 spiro atoms. The highest BCUT2D eigenvalue weighted by Crippen LogP contribution is 2.16. The second-order valence-corrected chi connectivity index (χ2v) is 3.65. The van der Waals surface area contributed by atoms with Crippen LogP contribution >= 0.6 is 0 Å². The fraction of sp³-hybridized carbons (Fsp3) is 1.00. The van der Waals surface area contributed by atoms with Crippen LogP contribution in [0.15, 0.2) is 0 Å². The summed E-state index contributed by atoms with van der Waals surface area (Å²) in [5.41, 5.74) is 0. The van der Waals surface area contributed by atoms with Gasteiger partial charge in [-0.05, 0) is 45.2 Å². The fourth-order valence-electron chi connectivity index (χ4n) is 1.77. The van der Waals surface area contributed by atoms with E-state index in [0.29, 0.717) is 5.92 Å². The maximum absolute atomic E-state index is 9.17. The Kier molecular flexibility index (Phi) is 3.87. The second kappa shape index (κ2) is 4.73. The molecule has 1 aliphatic rings. The summed E-state index contributed by atoms with van der Waals surface area (Å²) < 4.78 is 0. The first-order valence-corrected chi connectivity index (χ1v) is 4.68. The highest BCUT2D eigenvalue weighted by molar-refractivity contribution is 4.69. The summed E-state index contributed by atoms with van der Waals surface area (Å²) in [6.07, 6.45) is 4.76. The van der Waals surface area contributed by atoms with E-state index in [1.807, 2.05) is 6.92 Å². The Labute approximate surface area is 69.0 Å². The molecule has 1 fully saturated rings. The van der Waals surface area contributed by atoms with Gasteiger partial charge in [-0.1, -0.05) is 6.42 Å². The van der Waals surface area contributed by atoms with Crippen LogP contribution in [0.3, 0.4) is 0 Å². The topological polar surface area (TPSA) is 32.3 Å².